The summed E-state index contributed by atoms with van der Waals surface area (Å²) in [7, 11) is 1.06. The molecule has 3 nitrogen and oxygen atoms in total. The molecule has 0 amide bonds. The molecule has 7 heteroatoms. The molecule has 1 aromatic rings. The largest absolute Gasteiger partial charge is 0.463 e. The Morgan fingerprint density at radius 2 is 1.94 bits per heavy atom. The number of methoxy groups -OCH3 is 1. The van der Waals surface area contributed by atoms with Gasteiger partial charge in [-0.3, -0.25) is 4.79 Å². The molecule has 1 aromatic carbocycles. The van der Waals surface area contributed by atoms with Gasteiger partial charge in [-0.15, -0.1) is 0 Å². The highest BCUT2D eigenvalue weighted by Crippen LogP contribution is 2.32. The molecule has 0 spiro atoms. The number of ether oxygens (including phenoxy) is 1. The smallest absolute Gasteiger partial charge is 0.416 e. The molecule has 0 saturated carbocycles. The number of benzene rings is 1. The predicted octanol–water partition coefficient (Wildman–Crippen LogP) is 2.75. The fraction of sp³-hybridized carbons (Fsp3) is 0.273. The van der Waals surface area contributed by atoms with Gasteiger partial charge >= 0.3 is 12.1 Å². The lowest BCUT2D eigenvalue weighted by Gasteiger charge is -2.09. The van der Waals surface area contributed by atoms with Gasteiger partial charge in [0.15, 0.2) is 0 Å². The van der Waals surface area contributed by atoms with Crippen molar-refractivity contribution in [2.75, 3.05) is 7.11 Å². The van der Waals surface area contributed by atoms with E-state index in [1.807, 2.05) is 0 Å². The number of alkyl halides is 3. The van der Waals surface area contributed by atoms with Crippen LogP contribution < -0.4 is 0 Å². The van der Waals surface area contributed by atoms with Gasteiger partial charge in [-0.1, -0.05) is 22.0 Å². The molecule has 0 fully saturated rings. The molecule has 0 radical (unpaired) electrons. The molecule has 0 N–H and O–H groups in total. The van der Waals surface area contributed by atoms with Crippen molar-refractivity contribution in [3.05, 3.63) is 33.8 Å². The minimum atomic E-state index is -4.45. The van der Waals surface area contributed by atoms with E-state index in [1.165, 1.54) is 0 Å². The molecule has 0 aliphatic carbocycles. The molecule has 1 rings (SSSR count). The van der Waals surface area contributed by atoms with Crippen LogP contribution in [0, 0.1) is 0 Å². The third kappa shape index (κ3) is 3.56. The Labute approximate surface area is 109 Å². The van der Waals surface area contributed by atoms with E-state index in [1.54, 1.807) is 0 Å². The SMILES string of the molecule is COC(=O)C(=O)Cc1ccc(C(F)(F)F)cc1Br. The minimum absolute atomic E-state index is 0.120. The van der Waals surface area contributed by atoms with Gasteiger partial charge in [-0.2, -0.15) is 13.2 Å². The van der Waals surface area contributed by atoms with Gasteiger partial charge < -0.3 is 4.74 Å². The second-order valence-electron chi connectivity index (χ2n) is 3.40. The molecular formula is C11H8BrF3O3. The average molecular weight is 325 g/mol. The summed E-state index contributed by atoms with van der Waals surface area (Å²) in [4.78, 5) is 22.1. The predicted molar refractivity (Wildman–Crippen MR) is 59.9 cm³/mol. The van der Waals surface area contributed by atoms with Gasteiger partial charge in [0.25, 0.3) is 0 Å². The van der Waals surface area contributed by atoms with Crippen LogP contribution in [0.1, 0.15) is 11.1 Å². The second-order valence-corrected chi connectivity index (χ2v) is 4.25. The number of esters is 1. The Bertz CT molecular complexity index is 483. The van der Waals surface area contributed by atoms with E-state index < -0.39 is 23.5 Å². The van der Waals surface area contributed by atoms with Gasteiger partial charge in [-0.05, 0) is 17.7 Å². The van der Waals surface area contributed by atoms with Crippen LogP contribution in [0.5, 0.6) is 0 Å². The molecule has 98 valence electrons. The third-order valence-electron chi connectivity index (χ3n) is 2.14. The van der Waals surface area contributed by atoms with E-state index in [9.17, 15) is 22.8 Å². The summed E-state index contributed by atoms with van der Waals surface area (Å²) in [5, 5.41) is 0. The van der Waals surface area contributed by atoms with Crippen LogP contribution in [0.3, 0.4) is 0 Å². The molecule has 0 atom stereocenters. The summed E-state index contributed by atoms with van der Waals surface area (Å²) < 4.78 is 41.5. The first-order valence-electron chi connectivity index (χ1n) is 4.72. The van der Waals surface area contributed by atoms with Crippen LogP contribution in [0.2, 0.25) is 0 Å². The fourth-order valence-corrected chi connectivity index (χ4v) is 1.74. The molecule has 0 aliphatic heterocycles. The third-order valence-corrected chi connectivity index (χ3v) is 2.88. The zero-order chi connectivity index (χ0) is 13.9. The van der Waals surface area contributed by atoms with Crippen LogP contribution in [-0.2, 0) is 26.9 Å². The summed E-state index contributed by atoms with van der Waals surface area (Å²) in [6.45, 7) is 0. The summed E-state index contributed by atoms with van der Waals surface area (Å²) in [6, 6.07) is 2.86. The number of ketones is 1. The zero-order valence-corrected chi connectivity index (χ0v) is 10.8. The van der Waals surface area contributed by atoms with Crippen molar-refractivity contribution in [1.82, 2.24) is 0 Å². The van der Waals surface area contributed by atoms with Crippen molar-refractivity contribution < 1.29 is 27.5 Å². The van der Waals surface area contributed by atoms with E-state index in [0.717, 1.165) is 25.3 Å². The number of rotatable bonds is 3. The normalized spacial score (nSPS) is 11.2. The van der Waals surface area contributed by atoms with E-state index in [2.05, 4.69) is 20.7 Å². The number of carbonyl (C=O) groups excluding carboxylic acids is 2. The van der Waals surface area contributed by atoms with Crippen molar-refractivity contribution in [2.24, 2.45) is 0 Å². The number of carbonyl (C=O) groups is 2. The molecular weight excluding hydrogens is 317 g/mol. The molecule has 0 unspecified atom stereocenters. The van der Waals surface area contributed by atoms with Crippen molar-refractivity contribution in [3.8, 4) is 0 Å². The van der Waals surface area contributed by atoms with Gasteiger partial charge in [0, 0.05) is 10.9 Å². The van der Waals surface area contributed by atoms with Crippen molar-refractivity contribution in [1.29, 1.82) is 0 Å². The second kappa shape index (κ2) is 5.51. The lowest BCUT2D eigenvalue weighted by atomic mass is 10.1. The number of halogens is 4. The summed E-state index contributed by atoms with van der Waals surface area (Å²) in [5.74, 6) is -1.85. The Hall–Kier alpha value is -1.37. The first-order valence-corrected chi connectivity index (χ1v) is 5.51. The number of hydrogen-bond acceptors (Lipinski definition) is 3. The van der Waals surface area contributed by atoms with Crippen molar-refractivity contribution in [2.45, 2.75) is 12.6 Å². The van der Waals surface area contributed by atoms with Crippen LogP contribution in [0.4, 0.5) is 13.2 Å². The fourth-order valence-electron chi connectivity index (χ4n) is 1.23. The van der Waals surface area contributed by atoms with Gasteiger partial charge in [0.1, 0.15) is 0 Å². The highest BCUT2D eigenvalue weighted by atomic mass is 79.9. The maximum Gasteiger partial charge on any atom is 0.416 e. The number of Topliss-reactive ketones (excluding diaryl/α,β-unsaturated/α-hetero) is 1. The maximum atomic E-state index is 12.4. The van der Waals surface area contributed by atoms with E-state index in [-0.39, 0.29) is 10.9 Å². The molecule has 0 aliphatic rings. The highest BCUT2D eigenvalue weighted by Gasteiger charge is 2.31. The Balaban J connectivity index is 2.94. The monoisotopic (exact) mass is 324 g/mol. The average Bonchev–Trinajstić information content (AvgIpc) is 2.29. The van der Waals surface area contributed by atoms with Crippen LogP contribution in [-0.4, -0.2) is 18.9 Å². The van der Waals surface area contributed by atoms with Crippen LogP contribution >= 0.6 is 15.9 Å². The lowest BCUT2D eigenvalue weighted by Crippen LogP contribution is -2.18. The van der Waals surface area contributed by atoms with Crippen molar-refractivity contribution in [3.63, 3.8) is 0 Å². The van der Waals surface area contributed by atoms with Crippen molar-refractivity contribution >= 4 is 27.7 Å². The molecule has 0 heterocycles. The zero-order valence-electron chi connectivity index (χ0n) is 9.18. The Morgan fingerprint density at radius 1 is 1.33 bits per heavy atom. The summed E-state index contributed by atoms with van der Waals surface area (Å²) >= 11 is 2.93. The maximum absolute atomic E-state index is 12.4. The number of hydrogen-bond donors (Lipinski definition) is 0. The summed E-state index contributed by atoms with van der Waals surface area (Å²) in [5.41, 5.74) is -0.540. The van der Waals surface area contributed by atoms with Crippen LogP contribution in [0.15, 0.2) is 22.7 Å². The van der Waals surface area contributed by atoms with Crippen LogP contribution in [0.25, 0.3) is 0 Å². The molecule has 18 heavy (non-hydrogen) atoms. The highest BCUT2D eigenvalue weighted by molar-refractivity contribution is 9.10. The van der Waals surface area contributed by atoms with E-state index >= 15 is 0 Å². The van der Waals surface area contributed by atoms with Gasteiger partial charge in [-0.25, -0.2) is 4.79 Å². The standard InChI is InChI=1S/C11H8BrF3O3/c1-18-10(17)9(16)4-6-2-3-7(5-8(6)12)11(13,14)15/h2-3,5H,4H2,1H3. The molecule has 0 saturated heterocycles. The molecule has 0 aromatic heterocycles. The summed E-state index contributed by atoms with van der Waals surface area (Å²) in [6.07, 6.45) is -4.77. The van der Waals surface area contributed by atoms with E-state index in [0.29, 0.717) is 5.56 Å². The first-order chi connectivity index (χ1) is 8.25. The van der Waals surface area contributed by atoms with E-state index in [4.69, 9.17) is 0 Å². The lowest BCUT2D eigenvalue weighted by molar-refractivity contribution is -0.151. The quantitative estimate of drug-likeness (QED) is 0.634. The minimum Gasteiger partial charge on any atom is -0.463 e. The topological polar surface area (TPSA) is 43.4 Å². The molecule has 0 bridgehead atoms. The van der Waals surface area contributed by atoms with Gasteiger partial charge in [0.05, 0.1) is 12.7 Å². The Kier molecular flexibility index (Phi) is 4.50. The first kappa shape index (κ1) is 14.7. The van der Waals surface area contributed by atoms with Gasteiger partial charge in [0.2, 0.25) is 5.78 Å². The Morgan fingerprint density at radius 3 is 2.39 bits per heavy atom.